The Labute approximate surface area is 174 Å². The van der Waals surface area contributed by atoms with E-state index in [9.17, 15) is 13.2 Å². The molecule has 1 aliphatic heterocycles. The molecule has 150 valence electrons. The predicted molar refractivity (Wildman–Crippen MR) is 113 cm³/mol. The highest BCUT2D eigenvalue weighted by Crippen LogP contribution is 2.28. The van der Waals surface area contributed by atoms with Crippen LogP contribution in [0.3, 0.4) is 0 Å². The van der Waals surface area contributed by atoms with Gasteiger partial charge in [0.1, 0.15) is 4.90 Å². The standard InChI is InChI=1S/C21H20ClN3O3S/c22-17-8-10-18(11-9-17)24-21(26)16-6-3-13-25(14-16)29(27,28)19-7-1-4-15-5-2-12-23-20(15)19/h1-2,4-5,7-12,16H,3,6,13-14H2,(H,24,26)/t16-/m0/s1. The van der Waals surface area contributed by atoms with Crippen molar-refractivity contribution in [2.24, 2.45) is 5.92 Å². The number of halogens is 1. The third kappa shape index (κ3) is 4.12. The Morgan fingerprint density at radius 3 is 2.66 bits per heavy atom. The van der Waals surface area contributed by atoms with Crippen LogP contribution in [0.5, 0.6) is 0 Å². The number of amides is 1. The van der Waals surface area contributed by atoms with E-state index in [1.807, 2.05) is 12.1 Å². The first kappa shape index (κ1) is 19.8. The van der Waals surface area contributed by atoms with Gasteiger partial charge in [0.2, 0.25) is 15.9 Å². The van der Waals surface area contributed by atoms with E-state index in [2.05, 4.69) is 10.3 Å². The summed E-state index contributed by atoms with van der Waals surface area (Å²) in [6.45, 7) is 0.529. The van der Waals surface area contributed by atoms with Gasteiger partial charge in [0.25, 0.3) is 0 Å². The van der Waals surface area contributed by atoms with Gasteiger partial charge in [0.05, 0.1) is 11.4 Å². The Hall–Kier alpha value is -2.48. The van der Waals surface area contributed by atoms with Crippen molar-refractivity contribution < 1.29 is 13.2 Å². The van der Waals surface area contributed by atoms with E-state index < -0.39 is 15.9 Å². The van der Waals surface area contributed by atoms with Crippen molar-refractivity contribution in [2.75, 3.05) is 18.4 Å². The molecule has 1 N–H and O–H groups in total. The van der Waals surface area contributed by atoms with Crippen LogP contribution >= 0.6 is 11.6 Å². The van der Waals surface area contributed by atoms with Gasteiger partial charge >= 0.3 is 0 Å². The Morgan fingerprint density at radius 2 is 1.86 bits per heavy atom. The second-order valence-electron chi connectivity index (χ2n) is 7.03. The molecule has 6 nitrogen and oxygen atoms in total. The summed E-state index contributed by atoms with van der Waals surface area (Å²) >= 11 is 5.87. The van der Waals surface area contributed by atoms with Crippen molar-refractivity contribution >= 4 is 44.1 Å². The SMILES string of the molecule is O=C(Nc1ccc(Cl)cc1)[C@H]1CCCN(S(=O)(=O)c2cccc3cccnc23)C1. The van der Waals surface area contributed by atoms with Crippen LogP contribution in [0, 0.1) is 5.92 Å². The zero-order valence-electron chi connectivity index (χ0n) is 15.6. The highest BCUT2D eigenvalue weighted by atomic mass is 35.5. The fourth-order valence-corrected chi connectivity index (χ4v) is 5.39. The van der Waals surface area contributed by atoms with Gasteiger partial charge in [0.15, 0.2) is 0 Å². The molecule has 1 atom stereocenters. The summed E-state index contributed by atoms with van der Waals surface area (Å²) in [7, 11) is -3.76. The Kier molecular flexibility index (Phi) is 5.54. The number of nitrogens with one attached hydrogen (secondary N) is 1. The molecule has 0 aliphatic carbocycles. The molecule has 1 saturated heterocycles. The number of nitrogens with zero attached hydrogens (tertiary/aromatic N) is 2. The molecule has 3 aromatic rings. The van der Waals surface area contributed by atoms with Gasteiger partial charge in [-0.1, -0.05) is 29.8 Å². The van der Waals surface area contributed by atoms with Gasteiger partial charge < -0.3 is 5.32 Å². The molecule has 0 spiro atoms. The average Bonchev–Trinajstić information content (AvgIpc) is 2.75. The molecule has 0 saturated carbocycles. The molecule has 29 heavy (non-hydrogen) atoms. The monoisotopic (exact) mass is 429 g/mol. The van der Waals surface area contributed by atoms with Gasteiger partial charge in [-0.15, -0.1) is 0 Å². The van der Waals surface area contributed by atoms with Crippen LogP contribution in [0.2, 0.25) is 5.02 Å². The number of rotatable bonds is 4. The maximum Gasteiger partial charge on any atom is 0.245 e. The fraction of sp³-hybridized carbons (Fsp3) is 0.238. The second-order valence-corrected chi connectivity index (χ2v) is 9.37. The maximum absolute atomic E-state index is 13.3. The molecular weight excluding hydrogens is 410 g/mol. The molecular formula is C21H20ClN3O3S. The van der Waals surface area contributed by atoms with Gasteiger partial charge in [-0.25, -0.2) is 8.42 Å². The number of piperidine rings is 1. The summed E-state index contributed by atoms with van der Waals surface area (Å²) in [6.07, 6.45) is 2.84. The normalized spacial score (nSPS) is 17.9. The van der Waals surface area contributed by atoms with E-state index >= 15 is 0 Å². The van der Waals surface area contributed by atoms with E-state index in [1.165, 1.54) is 4.31 Å². The van der Waals surface area contributed by atoms with E-state index in [4.69, 9.17) is 11.6 Å². The number of carbonyl (C=O) groups excluding carboxylic acids is 1. The van der Waals surface area contributed by atoms with E-state index in [1.54, 1.807) is 48.7 Å². The van der Waals surface area contributed by atoms with Gasteiger partial charge in [-0.3, -0.25) is 9.78 Å². The number of sulfonamides is 1. The van der Waals surface area contributed by atoms with Crippen molar-refractivity contribution in [3.05, 3.63) is 65.8 Å². The Bertz CT molecular complexity index is 1140. The molecule has 1 aromatic heterocycles. The summed E-state index contributed by atoms with van der Waals surface area (Å²) in [6, 6.07) is 15.6. The minimum atomic E-state index is -3.76. The number of benzene rings is 2. The van der Waals surface area contributed by atoms with Crippen LogP contribution in [-0.2, 0) is 14.8 Å². The lowest BCUT2D eigenvalue weighted by Gasteiger charge is -2.31. The van der Waals surface area contributed by atoms with Crippen molar-refractivity contribution in [1.29, 1.82) is 0 Å². The second kappa shape index (κ2) is 8.10. The van der Waals surface area contributed by atoms with Gasteiger partial charge in [-0.2, -0.15) is 4.31 Å². The predicted octanol–water partition coefficient (Wildman–Crippen LogP) is 3.93. The average molecular weight is 430 g/mol. The molecule has 1 fully saturated rings. The quantitative estimate of drug-likeness (QED) is 0.681. The topological polar surface area (TPSA) is 79.4 Å². The largest absolute Gasteiger partial charge is 0.326 e. The molecule has 2 heterocycles. The van der Waals surface area contributed by atoms with Crippen LogP contribution < -0.4 is 5.32 Å². The number of hydrogen-bond donors (Lipinski definition) is 1. The first-order valence-electron chi connectivity index (χ1n) is 9.35. The Morgan fingerprint density at radius 1 is 1.10 bits per heavy atom. The number of anilines is 1. The zero-order valence-corrected chi connectivity index (χ0v) is 17.2. The van der Waals surface area contributed by atoms with Crippen LogP contribution in [0.15, 0.2) is 65.7 Å². The van der Waals surface area contributed by atoms with Crippen LogP contribution in [-0.4, -0.2) is 36.7 Å². The van der Waals surface area contributed by atoms with Crippen LogP contribution in [0.25, 0.3) is 10.9 Å². The first-order valence-corrected chi connectivity index (χ1v) is 11.2. The zero-order chi connectivity index (χ0) is 20.4. The molecule has 2 aromatic carbocycles. The van der Waals surface area contributed by atoms with Gasteiger partial charge in [-0.05, 0) is 49.2 Å². The molecule has 1 amide bonds. The lowest BCUT2D eigenvalue weighted by molar-refractivity contribution is -0.120. The lowest BCUT2D eigenvalue weighted by Crippen LogP contribution is -2.43. The van der Waals surface area contributed by atoms with Crippen LogP contribution in [0.1, 0.15) is 12.8 Å². The smallest absolute Gasteiger partial charge is 0.245 e. The highest BCUT2D eigenvalue weighted by Gasteiger charge is 2.34. The molecule has 0 unspecified atom stereocenters. The summed E-state index contributed by atoms with van der Waals surface area (Å²) in [5.41, 5.74) is 1.08. The van der Waals surface area contributed by atoms with E-state index in [-0.39, 0.29) is 17.3 Å². The third-order valence-electron chi connectivity index (χ3n) is 5.08. The highest BCUT2D eigenvalue weighted by molar-refractivity contribution is 7.89. The summed E-state index contributed by atoms with van der Waals surface area (Å²) in [5.74, 6) is -0.611. The van der Waals surface area contributed by atoms with E-state index in [0.29, 0.717) is 35.6 Å². The molecule has 0 bridgehead atoms. The maximum atomic E-state index is 13.3. The van der Waals surface area contributed by atoms with Crippen molar-refractivity contribution in [1.82, 2.24) is 9.29 Å². The summed E-state index contributed by atoms with van der Waals surface area (Å²) < 4.78 is 28.0. The summed E-state index contributed by atoms with van der Waals surface area (Å²) in [5, 5.41) is 4.20. The van der Waals surface area contributed by atoms with Crippen molar-refractivity contribution in [3.8, 4) is 0 Å². The van der Waals surface area contributed by atoms with E-state index in [0.717, 1.165) is 5.39 Å². The minimum Gasteiger partial charge on any atom is -0.326 e. The number of hydrogen-bond acceptors (Lipinski definition) is 4. The van der Waals surface area contributed by atoms with Crippen molar-refractivity contribution in [2.45, 2.75) is 17.7 Å². The lowest BCUT2D eigenvalue weighted by atomic mass is 9.99. The first-order chi connectivity index (χ1) is 13.9. The fourth-order valence-electron chi connectivity index (χ4n) is 3.58. The number of aromatic nitrogens is 1. The third-order valence-corrected chi connectivity index (χ3v) is 7.23. The van der Waals surface area contributed by atoms with Gasteiger partial charge in [0, 0.05) is 35.4 Å². The molecule has 1 aliphatic rings. The van der Waals surface area contributed by atoms with Crippen LogP contribution in [0.4, 0.5) is 5.69 Å². The molecule has 4 rings (SSSR count). The molecule has 8 heteroatoms. The number of carbonyl (C=O) groups is 1. The number of fused-ring (bicyclic) bond motifs is 1. The Balaban J connectivity index is 1.55. The number of para-hydroxylation sites is 1. The molecule has 0 radical (unpaired) electrons. The minimum absolute atomic E-state index is 0.144. The number of pyridine rings is 1. The van der Waals surface area contributed by atoms with Crippen molar-refractivity contribution in [3.63, 3.8) is 0 Å². The summed E-state index contributed by atoms with van der Waals surface area (Å²) in [4.78, 5) is 17.1.